The predicted octanol–water partition coefficient (Wildman–Crippen LogP) is 4.18. The summed E-state index contributed by atoms with van der Waals surface area (Å²) in [6, 6.07) is 7.88. The molecule has 0 bridgehead atoms. The molecule has 10 heteroatoms. The van der Waals surface area contributed by atoms with E-state index < -0.39 is 23.3 Å². The second kappa shape index (κ2) is 13.5. The zero-order valence-corrected chi connectivity index (χ0v) is 21.6. The standard InChI is InChI=1S/C13H17ClF2N2.C13H18F2N2O/c1-10(9-14)17-4-6-18(7-5-17)13-3-2-11(15)8-12(13)16;1-10(9-18)16-4-6-17(7-5-16)13-3-2-11(14)8-12(13)15/h2-3,8,10H,4-7,9H2,1H3;2-3,8,10,18H,4-7,9H2,1H3. The molecule has 2 aromatic rings. The molecule has 36 heavy (non-hydrogen) atoms. The van der Waals surface area contributed by atoms with Crippen LogP contribution in [-0.4, -0.2) is 91.8 Å². The van der Waals surface area contributed by atoms with Crippen LogP contribution < -0.4 is 9.80 Å². The quantitative estimate of drug-likeness (QED) is 0.447. The molecule has 0 saturated carbocycles. The highest BCUT2D eigenvalue weighted by Gasteiger charge is 2.23. The number of aliphatic hydroxyl groups is 1. The zero-order valence-electron chi connectivity index (χ0n) is 20.8. The first kappa shape index (κ1) is 28.5. The second-order valence-corrected chi connectivity index (χ2v) is 9.58. The maximum absolute atomic E-state index is 13.6. The van der Waals surface area contributed by atoms with Gasteiger partial charge in [0, 0.05) is 82.5 Å². The van der Waals surface area contributed by atoms with E-state index in [9.17, 15) is 17.6 Å². The molecule has 0 amide bonds. The summed E-state index contributed by atoms with van der Waals surface area (Å²) in [5.41, 5.74) is 0.933. The van der Waals surface area contributed by atoms with E-state index in [1.807, 2.05) is 16.7 Å². The molecule has 0 aliphatic carbocycles. The highest BCUT2D eigenvalue weighted by molar-refractivity contribution is 6.18. The van der Waals surface area contributed by atoms with E-state index in [2.05, 4.69) is 16.7 Å². The molecule has 4 rings (SSSR count). The topological polar surface area (TPSA) is 33.2 Å². The largest absolute Gasteiger partial charge is 0.395 e. The Bertz CT molecular complexity index is 891. The summed E-state index contributed by atoms with van der Waals surface area (Å²) in [7, 11) is 0. The molecule has 0 spiro atoms. The van der Waals surface area contributed by atoms with E-state index in [1.54, 1.807) is 0 Å². The fraction of sp³-hybridized carbons (Fsp3) is 0.538. The van der Waals surface area contributed by atoms with E-state index in [0.717, 1.165) is 51.4 Å². The molecule has 5 nitrogen and oxygen atoms in total. The first-order valence-corrected chi connectivity index (χ1v) is 12.8. The SMILES string of the molecule is CC(CCl)N1CCN(c2ccc(F)cc2F)CC1.CC(CO)N1CCN(c2ccc(F)cc2F)CC1. The Morgan fingerprint density at radius 2 is 1.08 bits per heavy atom. The van der Waals surface area contributed by atoms with Gasteiger partial charge >= 0.3 is 0 Å². The van der Waals surface area contributed by atoms with Crippen molar-refractivity contribution >= 4 is 23.0 Å². The lowest BCUT2D eigenvalue weighted by Gasteiger charge is -2.38. The summed E-state index contributed by atoms with van der Waals surface area (Å²) >= 11 is 5.82. The van der Waals surface area contributed by atoms with Crippen LogP contribution in [0.2, 0.25) is 0 Å². The lowest BCUT2D eigenvalue weighted by Crippen LogP contribution is -2.50. The summed E-state index contributed by atoms with van der Waals surface area (Å²) in [5.74, 6) is -1.49. The number of aliphatic hydroxyl groups excluding tert-OH is 1. The van der Waals surface area contributed by atoms with Crippen molar-refractivity contribution in [2.45, 2.75) is 25.9 Å². The minimum Gasteiger partial charge on any atom is -0.395 e. The van der Waals surface area contributed by atoms with Gasteiger partial charge in [-0.3, -0.25) is 9.80 Å². The molecule has 2 unspecified atom stereocenters. The molecule has 2 aliphatic rings. The third kappa shape index (κ3) is 7.47. The van der Waals surface area contributed by atoms with Crippen molar-refractivity contribution < 1.29 is 22.7 Å². The number of alkyl halides is 1. The van der Waals surface area contributed by atoms with Crippen molar-refractivity contribution in [3.8, 4) is 0 Å². The number of benzene rings is 2. The lowest BCUT2D eigenvalue weighted by atomic mass is 10.2. The van der Waals surface area contributed by atoms with Crippen LogP contribution in [0.25, 0.3) is 0 Å². The van der Waals surface area contributed by atoms with Crippen LogP contribution in [0.4, 0.5) is 28.9 Å². The molecule has 2 aromatic carbocycles. The van der Waals surface area contributed by atoms with Gasteiger partial charge in [-0.2, -0.15) is 0 Å². The first-order chi connectivity index (χ1) is 17.2. The number of hydrogen-bond acceptors (Lipinski definition) is 5. The highest BCUT2D eigenvalue weighted by atomic mass is 35.5. The van der Waals surface area contributed by atoms with Gasteiger partial charge in [-0.05, 0) is 38.1 Å². The Kier molecular flexibility index (Phi) is 10.7. The van der Waals surface area contributed by atoms with Crippen molar-refractivity contribution in [3.05, 3.63) is 59.7 Å². The molecule has 2 atom stereocenters. The summed E-state index contributed by atoms with van der Waals surface area (Å²) in [6.45, 7) is 10.3. The van der Waals surface area contributed by atoms with Crippen LogP contribution in [0, 0.1) is 23.3 Å². The Morgan fingerprint density at radius 3 is 1.42 bits per heavy atom. The molecule has 2 fully saturated rings. The van der Waals surface area contributed by atoms with Gasteiger partial charge in [-0.15, -0.1) is 11.6 Å². The fourth-order valence-corrected chi connectivity index (χ4v) is 4.69. The molecule has 2 heterocycles. The van der Waals surface area contributed by atoms with Crippen molar-refractivity contribution in [1.82, 2.24) is 9.80 Å². The third-order valence-electron chi connectivity index (χ3n) is 6.86. The van der Waals surface area contributed by atoms with E-state index in [0.29, 0.717) is 36.4 Å². The number of piperazine rings is 2. The summed E-state index contributed by atoms with van der Waals surface area (Å²) in [4.78, 5) is 8.31. The van der Waals surface area contributed by atoms with Crippen molar-refractivity contribution in [1.29, 1.82) is 0 Å². The van der Waals surface area contributed by atoms with Crippen LogP contribution in [-0.2, 0) is 0 Å². The van der Waals surface area contributed by atoms with Gasteiger partial charge < -0.3 is 14.9 Å². The van der Waals surface area contributed by atoms with Gasteiger partial charge in [-0.1, -0.05) is 0 Å². The first-order valence-electron chi connectivity index (χ1n) is 12.3. The number of halogens is 5. The van der Waals surface area contributed by atoms with Crippen LogP contribution in [0.3, 0.4) is 0 Å². The van der Waals surface area contributed by atoms with Gasteiger partial charge in [0.25, 0.3) is 0 Å². The van der Waals surface area contributed by atoms with E-state index in [1.165, 1.54) is 24.3 Å². The van der Waals surface area contributed by atoms with Crippen molar-refractivity contribution in [2.24, 2.45) is 0 Å². The molecular formula is C26H35ClF4N4O. The number of rotatable bonds is 6. The molecule has 2 aliphatic heterocycles. The van der Waals surface area contributed by atoms with Crippen molar-refractivity contribution in [3.63, 3.8) is 0 Å². The number of anilines is 2. The minimum atomic E-state index is -0.552. The summed E-state index contributed by atoms with van der Waals surface area (Å²) in [5, 5.41) is 9.09. The van der Waals surface area contributed by atoms with E-state index in [-0.39, 0.29) is 12.6 Å². The van der Waals surface area contributed by atoms with Gasteiger partial charge in [0.1, 0.15) is 23.3 Å². The molecular weight excluding hydrogens is 496 g/mol. The average Bonchev–Trinajstić information content (AvgIpc) is 2.88. The normalized spacial score (nSPS) is 19.0. The van der Waals surface area contributed by atoms with Crippen LogP contribution in [0.1, 0.15) is 13.8 Å². The minimum absolute atomic E-state index is 0.130. The van der Waals surface area contributed by atoms with Crippen LogP contribution in [0.5, 0.6) is 0 Å². The fourth-order valence-electron chi connectivity index (χ4n) is 4.50. The highest BCUT2D eigenvalue weighted by Crippen LogP contribution is 2.23. The average molecular weight is 531 g/mol. The Hall–Kier alpha value is -2.07. The molecule has 200 valence electrons. The zero-order chi connectivity index (χ0) is 26.2. The maximum atomic E-state index is 13.6. The van der Waals surface area contributed by atoms with Gasteiger partial charge in [0.05, 0.1) is 18.0 Å². The van der Waals surface area contributed by atoms with Crippen LogP contribution >= 0.6 is 11.6 Å². The smallest absolute Gasteiger partial charge is 0.149 e. The van der Waals surface area contributed by atoms with Gasteiger partial charge in [0.15, 0.2) is 0 Å². The molecule has 2 saturated heterocycles. The van der Waals surface area contributed by atoms with E-state index >= 15 is 0 Å². The van der Waals surface area contributed by atoms with Gasteiger partial charge in [0.2, 0.25) is 0 Å². The van der Waals surface area contributed by atoms with Gasteiger partial charge in [-0.25, -0.2) is 17.6 Å². The number of nitrogens with zero attached hydrogens (tertiary/aromatic N) is 4. The van der Waals surface area contributed by atoms with Crippen molar-refractivity contribution in [2.75, 3.05) is 74.6 Å². The molecule has 0 radical (unpaired) electrons. The predicted molar refractivity (Wildman–Crippen MR) is 137 cm³/mol. The summed E-state index contributed by atoms with van der Waals surface area (Å²) < 4.78 is 52.9. The Labute approximate surface area is 215 Å². The maximum Gasteiger partial charge on any atom is 0.149 e. The monoisotopic (exact) mass is 530 g/mol. The lowest BCUT2D eigenvalue weighted by molar-refractivity contribution is 0.128. The van der Waals surface area contributed by atoms with E-state index in [4.69, 9.17) is 16.7 Å². The second-order valence-electron chi connectivity index (χ2n) is 9.27. The number of hydrogen-bond donors (Lipinski definition) is 1. The summed E-state index contributed by atoms with van der Waals surface area (Å²) in [6.07, 6.45) is 0. The Balaban J connectivity index is 0.000000201. The Morgan fingerprint density at radius 1 is 0.694 bits per heavy atom. The third-order valence-corrected chi connectivity index (χ3v) is 7.31. The van der Waals surface area contributed by atoms with Crippen LogP contribution in [0.15, 0.2) is 36.4 Å². The molecule has 0 aromatic heterocycles. The molecule has 1 N–H and O–H groups in total.